The van der Waals surface area contributed by atoms with E-state index in [0.29, 0.717) is 0 Å². The molecule has 0 atom stereocenters. The number of hydrogen-bond acceptors (Lipinski definition) is 0. The predicted octanol–water partition coefficient (Wildman–Crippen LogP) is 5.51. The molecule has 4 rings (SSSR count). The Morgan fingerprint density at radius 1 is 0.773 bits per heavy atom. The van der Waals surface area contributed by atoms with E-state index in [9.17, 15) is 0 Å². The van der Waals surface area contributed by atoms with Crippen molar-refractivity contribution in [2.75, 3.05) is 0 Å². The smallest absolute Gasteiger partial charge is 0.0467 e. The van der Waals surface area contributed by atoms with E-state index in [1.807, 2.05) is 0 Å². The summed E-state index contributed by atoms with van der Waals surface area (Å²) in [6.07, 6.45) is 2.03. The van der Waals surface area contributed by atoms with Crippen molar-refractivity contribution in [1.82, 2.24) is 9.97 Å². The van der Waals surface area contributed by atoms with Crippen LogP contribution in [0.1, 0.15) is 17.0 Å². The van der Waals surface area contributed by atoms with Crippen molar-refractivity contribution < 1.29 is 0 Å². The van der Waals surface area contributed by atoms with Gasteiger partial charge in [-0.3, -0.25) is 0 Å². The van der Waals surface area contributed by atoms with E-state index in [1.165, 1.54) is 38.8 Å². The second-order valence-corrected chi connectivity index (χ2v) is 6.83. The van der Waals surface area contributed by atoms with Crippen molar-refractivity contribution in [3.63, 3.8) is 0 Å². The number of nitrogens with one attached hydrogen (secondary N) is 2. The molecule has 2 N–H and O–H groups in total. The summed E-state index contributed by atoms with van der Waals surface area (Å²) < 4.78 is 1.11. The van der Waals surface area contributed by atoms with Gasteiger partial charge in [-0.25, -0.2) is 0 Å². The van der Waals surface area contributed by atoms with Gasteiger partial charge in [-0.15, -0.1) is 0 Å². The molecule has 0 radical (unpaired) electrons. The normalized spacial score (nSPS) is 11.5. The van der Waals surface area contributed by atoms with Crippen molar-refractivity contribution in [2.24, 2.45) is 0 Å². The lowest BCUT2D eigenvalue weighted by atomic mass is 10.1. The van der Waals surface area contributed by atoms with Crippen LogP contribution >= 0.6 is 15.9 Å². The average Bonchev–Trinajstić information content (AvgIpc) is 3.07. The number of fused-ring (bicyclic) bond motifs is 2. The summed E-state index contributed by atoms with van der Waals surface area (Å²) in [5, 5.41) is 2.56. The number of aromatic nitrogens is 2. The molecule has 0 fully saturated rings. The summed E-state index contributed by atoms with van der Waals surface area (Å²) in [5.74, 6) is 0. The number of benzene rings is 2. The third kappa shape index (κ3) is 2.57. The Labute approximate surface area is 137 Å². The first-order chi connectivity index (χ1) is 10.7. The zero-order chi connectivity index (χ0) is 15.1. The summed E-state index contributed by atoms with van der Waals surface area (Å²) >= 11 is 3.52. The molecule has 2 aromatic heterocycles. The van der Waals surface area contributed by atoms with Crippen LogP contribution in [-0.4, -0.2) is 9.97 Å². The fourth-order valence-electron chi connectivity index (χ4n) is 3.00. The highest BCUT2D eigenvalue weighted by Crippen LogP contribution is 2.22. The monoisotopic (exact) mass is 352 g/mol. The molecule has 0 aliphatic carbocycles. The Kier molecular flexibility index (Phi) is 3.30. The average molecular weight is 353 g/mol. The van der Waals surface area contributed by atoms with E-state index in [0.717, 1.165) is 17.3 Å². The highest BCUT2D eigenvalue weighted by atomic mass is 79.9. The molecule has 0 saturated carbocycles. The van der Waals surface area contributed by atoms with Gasteiger partial charge in [-0.1, -0.05) is 34.1 Å². The Morgan fingerprint density at radius 2 is 1.36 bits per heavy atom. The Balaban J connectivity index is 1.56. The van der Waals surface area contributed by atoms with Crippen LogP contribution in [0.4, 0.5) is 0 Å². The third-order valence-corrected chi connectivity index (χ3v) is 4.63. The fraction of sp³-hybridized carbons (Fsp3) is 0.158. The molecule has 0 spiro atoms. The van der Waals surface area contributed by atoms with Crippen molar-refractivity contribution in [1.29, 1.82) is 0 Å². The van der Waals surface area contributed by atoms with Gasteiger partial charge < -0.3 is 9.97 Å². The van der Waals surface area contributed by atoms with E-state index < -0.39 is 0 Å². The number of H-pyrrole nitrogens is 2. The summed E-state index contributed by atoms with van der Waals surface area (Å²) in [5.41, 5.74) is 6.29. The molecule has 2 aromatic carbocycles. The predicted molar refractivity (Wildman–Crippen MR) is 96.4 cm³/mol. The number of aromatic amines is 2. The first-order valence-corrected chi connectivity index (χ1v) is 8.32. The van der Waals surface area contributed by atoms with Gasteiger partial charge >= 0.3 is 0 Å². The molecule has 2 heterocycles. The molecule has 0 saturated heterocycles. The molecule has 0 unspecified atom stereocenters. The summed E-state index contributed by atoms with van der Waals surface area (Å²) in [6, 6.07) is 17.4. The van der Waals surface area contributed by atoms with Gasteiger partial charge in [0, 0.05) is 26.9 Å². The number of rotatable bonds is 3. The fourth-order valence-corrected chi connectivity index (χ4v) is 3.36. The van der Waals surface area contributed by atoms with Crippen LogP contribution in [0.25, 0.3) is 21.8 Å². The summed E-state index contributed by atoms with van der Waals surface area (Å²) in [6.45, 7) is 2.13. The van der Waals surface area contributed by atoms with Crippen LogP contribution in [-0.2, 0) is 12.8 Å². The minimum atomic E-state index is 1.01. The molecule has 0 amide bonds. The van der Waals surface area contributed by atoms with Crippen molar-refractivity contribution in [3.8, 4) is 0 Å². The molecule has 2 nitrogen and oxygen atoms in total. The number of hydrogen-bond donors (Lipinski definition) is 2. The van der Waals surface area contributed by atoms with E-state index >= 15 is 0 Å². The van der Waals surface area contributed by atoms with Gasteiger partial charge in [0.05, 0.1) is 0 Å². The lowest BCUT2D eigenvalue weighted by Crippen LogP contribution is -1.91. The molecule has 110 valence electrons. The standard InChI is InChI=1S/C19H17BrN2/c1-12-2-3-13-9-16(21-18(13)8-12)6-7-17-10-14-4-5-15(20)11-19(14)22-17/h2-5,8-11,21-22H,6-7H2,1H3. The highest BCUT2D eigenvalue weighted by molar-refractivity contribution is 9.10. The van der Waals surface area contributed by atoms with Gasteiger partial charge in [-0.05, 0) is 66.4 Å². The first-order valence-electron chi connectivity index (χ1n) is 7.53. The van der Waals surface area contributed by atoms with Crippen molar-refractivity contribution >= 4 is 37.7 Å². The van der Waals surface area contributed by atoms with E-state index in [2.05, 4.69) is 81.4 Å². The van der Waals surface area contributed by atoms with E-state index in [-0.39, 0.29) is 0 Å². The van der Waals surface area contributed by atoms with E-state index in [1.54, 1.807) is 0 Å². The van der Waals surface area contributed by atoms with E-state index in [4.69, 9.17) is 0 Å². The minimum Gasteiger partial charge on any atom is -0.358 e. The topological polar surface area (TPSA) is 31.6 Å². The molecule has 0 bridgehead atoms. The van der Waals surface area contributed by atoms with Crippen LogP contribution in [0.2, 0.25) is 0 Å². The molecule has 3 heteroatoms. The largest absolute Gasteiger partial charge is 0.358 e. The maximum absolute atomic E-state index is 3.53. The molecular weight excluding hydrogens is 336 g/mol. The van der Waals surface area contributed by atoms with Gasteiger partial charge in [0.1, 0.15) is 0 Å². The molecule has 4 aromatic rings. The van der Waals surface area contributed by atoms with Gasteiger partial charge in [0.15, 0.2) is 0 Å². The molecule has 22 heavy (non-hydrogen) atoms. The van der Waals surface area contributed by atoms with Crippen LogP contribution in [0, 0.1) is 6.92 Å². The van der Waals surface area contributed by atoms with Gasteiger partial charge in [0.2, 0.25) is 0 Å². The third-order valence-electron chi connectivity index (χ3n) is 4.14. The lowest BCUT2D eigenvalue weighted by molar-refractivity contribution is 0.905. The van der Waals surface area contributed by atoms with Crippen molar-refractivity contribution in [2.45, 2.75) is 19.8 Å². The zero-order valence-corrected chi connectivity index (χ0v) is 14.0. The zero-order valence-electron chi connectivity index (χ0n) is 12.4. The highest BCUT2D eigenvalue weighted by Gasteiger charge is 2.04. The van der Waals surface area contributed by atoms with Crippen LogP contribution in [0.3, 0.4) is 0 Å². The Bertz CT molecular complexity index is 882. The minimum absolute atomic E-state index is 1.01. The Hall–Kier alpha value is -2.00. The second-order valence-electron chi connectivity index (χ2n) is 5.91. The second kappa shape index (κ2) is 5.33. The number of halogens is 1. The van der Waals surface area contributed by atoms with Gasteiger partial charge in [-0.2, -0.15) is 0 Å². The lowest BCUT2D eigenvalue weighted by Gasteiger charge is -1.96. The van der Waals surface area contributed by atoms with Gasteiger partial charge in [0.25, 0.3) is 0 Å². The molecule has 0 aliphatic rings. The number of aryl methyl sites for hydroxylation is 3. The molecule has 0 aliphatic heterocycles. The molecular formula is C19H17BrN2. The summed E-state index contributed by atoms with van der Waals surface area (Å²) in [4.78, 5) is 7.03. The van der Waals surface area contributed by atoms with Crippen LogP contribution < -0.4 is 0 Å². The first kappa shape index (κ1) is 13.6. The van der Waals surface area contributed by atoms with Crippen LogP contribution in [0.5, 0.6) is 0 Å². The summed E-state index contributed by atoms with van der Waals surface area (Å²) in [7, 11) is 0. The quantitative estimate of drug-likeness (QED) is 0.487. The van der Waals surface area contributed by atoms with Crippen molar-refractivity contribution in [3.05, 3.63) is 70.0 Å². The maximum Gasteiger partial charge on any atom is 0.0467 e. The van der Waals surface area contributed by atoms with Crippen LogP contribution in [0.15, 0.2) is 53.0 Å². The SMILES string of the molecule is Cc1ccc2cc(CCc3cc4ccc(Br)cc4[nH]3)[nH]c2c1. The Morgan fingerprint density at radius 3 is 2.05 bits per heavy atom. The maximum atomic E-state index is 3.53.